The van der Waals surface area contributed by atoms with Gasteiger partial charge < -0.3 is 10.0 Å². The lowest BCUT2D eigenvalue weighted by atomic mass is 9.61. The summed E-state index contributed by atoms with van der Waals surface area (Å²) in [7, 11) is -3.61. The third kappa shape index (κ3) is 2.99. The minimum absolute atomic E-state index is 0.0421. The molecule has 2 saturated heterocycles. The van der Waals surface area contributed by atoms with Gasteiger partial charge in [-0.15, -0.1) is 0 Å². The molecule has 3 aliphatic rings. The predicted molar refractivity (Wildman–Crippen MR) is 112 cm³/mol. The molecular weight excluding hydrogens is 400 g/mol. The molecule has 0 bridgehead atoms. The van der Waals surface area contributed by atoms with Crippen molar-refractivity contribution >= 4 is 15.9 Å². The first-order valence-corrected chi connectivity index (χ1v) is 11.9. The topological polar surface area (TPSA) is 77.9 Å². The van der Waals surface area contributed by atoms with Crippen LogP contribution in [-0.2, 0) is 14.8 Å². The summed E-state index contributed by atoms with van der Waals surface area (Å²) >= 11 is 0. The summed E-state index contributed by atoms with van der Waals surface area (Å²) in [6.07, 6.45) is 2.64. The average molecular weight is 427 g/mol. The van der Waals surface area contributed by atoms with Gasteiger partial charge >= 0.3 is 0 Å². The monoisotopic (exact) mass is 426 g/mol. The highest BCUT2D eigenvalue weighted by Crippen LogP contribution is 2.55. The van der Waals surface area contributed by atoms with Crippen molar-refractivity contribution in [2.24, 2.45) is 5.92 Å². The lowest BCUT2D eigenvalue weighted by Crippen LogP contribution is -2.85. The van der Waals surface area contributed by atoms with E-state index < -0.39 is 15.6 Å². The van der Waals surface area contributed by atoms with Crippen LogP contribution in [0.15, 0.2) is 65.6 Å². The zero-order valence-electron chi connectivity index (χ0n) is 16.7. The zero-order valence-corrected chi connectivity index (χ0v) is 17.5. The van der Waals surface area contributed by atoms with Gasteiger partial charge in [-0.05, 0) is 36.5 Å². The van der Waals surface area contributed by atoms with Gasteiger partial charge in [0.2, 0.25) is 15.9 Å². The van der Waals surface area contributed by atoms with Crippen molar-refractivity contribution in [1.29, 1.82) is 0 Å². The number of likely N-dealkylation sites (tertiary alicyclic amines) is 1. The summed E-state index contributed by atoms with van der Waals surface area (Å²) in [6, 6.07) is 18.0. The molecule has 2 aromatic rings. The molecule has 2 aromatic carbocycles. The Hall–Kier alpha value is -2.22. The number of nitrogens with zero attached hydrogens (tertiary/aromatic N) is 2. The van der Waals surface area contributed by atoms with Crippen molar-refractivity contribution in [3.63, 3.8) is 0 Å². The van der Waals surface area contributed by atoms with Crippen LogP contribution in [0, 0.1) is 5.92 Å². The second-order valence-corrected chi connectivity index (χ2v) is 10.7. The van der Waals surface area contributed by atoms with Gasteiger partial charge in [-0.2, -0.15) is 4.31 Å². The quantitative estimate of drug-likeness (QED) is 0.768. The van der Waals surface area contributed by atoms with Crippen molar-refractivity contribution < 1.29 is 18.3 Å². The van der Waals surface area contributed by atoms with E-state index in [4.69, 9.17) is 0 Å². The van der Waals surface area contributed by atoms with E-state index in [2.05, 4.69) is 0 Å². The highest BCUT2D eigenvalue weighted by atomic mass is 32.2. The first-order valence-electron chi connectivity index (χ1n) is 10.5. The SMILES string of the molecule is O=C(CC1CC1)N1[C@H](CO)[C@@H](c2ccccc2)C12CN(S(=O)(=O)c1ccccc1)C2. The molecule has 30 heavy (non-hydrogen) atoms. The first-order chi connectivity index (χ1) is 14.5. The molecule has 1 aliphatic carbocycles. The maximum absolute atomic E-state index is 13.1. The number of hydrogen-bond acceptors (Lipinski definition) is 4. The second-order valence-electron chi connectivity index (χ2n) is 8.74. The van der Waals surface area contributed by atoms with E-state index >= 15 is 0 Å². The lowest BCUT2D eigenvalue weighted by molar-refractivity contribution is -0.189. The van der Waals surface area contributed by atoms with Crippen LogP contribution in [-0.4, -0.2) is 59.9 Å². The Kier molecular flexibility index (Phi) is 4.72. The van der Waals surface area contributed by atoms with Crippen molar-refractivity contribution in [3.8, 4) is 0 Å². The Labute approximate surface area is 177 Å². The molecule has 3 fully saturated rings. The number of amides is 1. The van der Waals surface area contributed by atoms with Gasteiger partial charge in [-0.1, -0.05) is 48.5 Å². The molecule has 0 radical (unpaired) electrons. The van der Waals surface area contributed by atoms with Crippen LogP contribution in [0.5, 0.6) is 0 Å². The number of aliphatic hydroxyl groups excluding tert-OH is 1. The number of sulfonamides is 1. The molecular formula is C23H26N2O4S. The number of benzene rings is 2. The van der Waals surface area contributed by atoms with E-state index in [9.17, 15) is 18.3 Å². The summed E-state index contributed by atoms with van der Waals surface area (Å²) in [5, 5.41) is 10.1. The number of carbonyl (C=O) groups is 1. The molecule has 2 aliphatic heterocycles. The maximum Gasteiger partial charge on any atom is 0.243 e. The van der Waals surface area contributed by atoms with Gasteiger partial charge in [-0.25, -0.2) is 8.42 Å². The highest BCUT2D eigenvalue weighted by molar-refractivity contribution is 7.89. The zero-order chi connectivity index (χ0) is 20.9. The first kappa shape index (κ1) is 19.7. The molecule has 1 amide bonds. The predicted octanol–water partition coefficient (Wildman–Crippen LogP) is 2.22. The van der Waals surface area contributed by atoms with Crippen molar-refractivity contribution in [2.45, 2.75) is 41.7 Å². The van der Waals surface area contributed by atoms with E-state index in [1.54, 1.807) is 35.2 Å². The molecule has 5 rings (SSSR count). The smallest absolute Gasteiger partial charge is 0.243 e. The van der Waals surface area contributed by atoms with Gasteiger partial charge in [0, 0.05) is 25.4 Å². The fourth-order valence-corrected chi connectivity index (χ4v) is 6.80. The Morgan fingerprint density at radius 3 is 2.17 bits per heavy atom. The van der Waals surface area contributed by atoms with Gasteiger partial charge in [0.25, 0.3) is 0 Å². The highest BCUT2D eigenvalue weighted by Gasteiger charge is 2.69. The molecule has 0 aromatic heterocycles. The van der Waals surface area contributed by atoms with Crippen LogP contribution in [0.25, 0.3) is 0 Å². The largest absolute Gasteiger partial charge is 0.394 e. The molecule has 6 nitrogen and oxygen atoms in total. The van der Waals surface area contributed by atoms with Crippen LogP contribution in [0.4, 0.5) is 0 Å². The normalized spacial score (nSPS) is 25.6. The third-order valence-electron chi connectivity index (χ3n) is 6.83. The Morgan fingerprint density at radius 1 is 1.00 bits per heavy atom. The molecule has 7 heteroatoms. The summed E-state index contributed by atoms with van der Waals surface area (Å²) in [6.45, 7) is 0.399. The third-order valence-corrected chi connectivity index (χ3v) is 8.64. The number of hydrogen-bond donors (Lipinski definition) is 1. The van der Waals surface area contributed by atoms with Crippen LogP contribution in [0.1, 0.15) is 30.7 Å². The van der Waals surface area contributed by atoms with E-state index in [0.29, 0.717) is 12.3 Å². The van der Waals surface area contributed by atoms with Gasteiger partial charge in [0.15, 0.2) is 0 Å². The molecule has 2 heterocycles. The van der Waals surface area contributed by atoms with Crippen LogP contribution >= 0.6 is 0 Å². The van der Waals surface area contributed by atoms with E-state index in [0.717, 1.165) is 18.4 Å². The molecule has 2 atom stereocenters. The number of carbonyl (C=O) groups excluding carboxylic acids is 1. The Balaban J connectivity index is 1.46. The summed E-state index contributed by atoms with van der Waals surface area (Å²) in [5.74, 6) is 0.406. The second kappa shape index (κ2) is 7.18. The van der Waals surface area contributed by atoms with E-state index in [-0.39, 0.29) is 42.5 Å². The van der Waals surface area contributed by atoms with Crippen LogP contribution in [0.2, 0.25) is 0 Å². The van der Waals surface area contributed by atoms with Crippen molar-refractivity contribution in [2.75, 3.05) is 19.7 Å². The molecule has 1 spiro atoms. The standard InChI is InChI=1S/C23H26N2O4S/c26-14-20-22(18-7-3-1-4-8-18)23(25(20)21(27)13-17-11-12-17)15-24(16-23)30(28,29)19-9-5-2-6-10-19/h1-10,17,20,22,26H,11-16H2/t20-,22-/m1/s1. The summed E-state index contributed by atoms with van der Waals surface area (Å²) in [5.41, 5.74) is 0.464. The van der Waals surface area contributed by atoms with Gasteiger partial charge in [0.1, 0.15) is 0 Å². The minimum Gasteiger partial charge on any atom is -0.394 e. The maximum atomic E-state index is 13.1. The molecule has 158 valence electrons. The van der Waals surface area contributed by atoms with Crippen molar-refractivity contribution in [1.82, 2.24) is 9.21 Å². The Morgan fingerprint density at radius 2 is 1.60 bits per heavy atom. The minimum atomic E-state index is -3.61. The summed E-state index contributed by atoms with van der Waals surface area (Å²) < 4.78 is 27.6. The number of aliphatic hydroxyl groups is 1. The van der Waals surface area contributed by atoms with Gasteiger partial charge in [0.05, 0.1) is 23.1 Å². The van der Waals surface area contributed by atoms with Crippen molar-refractivity contribution in [3.05, 3.63) is 66.2 Å². The molecule has 1 N–H and O–H groups in total. The van der Waals surface area contributed by atoms with Gasteiger partial charge in [-0.3, -0.25) is 4.79 Å². The molecule has 0 unspecified atom stereocenters. The fraction of sp³-hybridized carbons (Fsp3) is 0.435. The van der Waals surface area contributed by atoms with E-state index in [1.807, 2.05) is 30.3 Å². The Bertz CT molecular complexity index is 1030. The number of rotatable bonds is 6. The summed E-state index contributed by atoms with van der Waals surface area (Å²) in [4.78, 5) is 15.2. The van der Waals surface area contributed by atoms with Crippen LogP contribution < -0.4 is 0 Å². The molecule has 1 saturated carbocycles. The van der Waals surface area contributed by atoms with Crippen LogP contribution in [0.3, 0.4) is 0 Å². The fourth-order valence-electron chi connectivity index (χ4n) is 5.21. The van der Waals surface area contributed by atoms with E-state index in [1.165, 1.54) is 4.31 Å². The average Bonchev–Trinajstić information content (AvgIpc) is 3.51. The lowest BCUT2D eigenvalue weighted by Gasteiger charge is -2.70.